The SMILES string of the molecule is CC(C)(Br)C(=O)NCCc1ccsc1. The van der Waals surface area contributed by atoms with Crippen molar-refractivity contribution in [2.24, 2.45) is 0 Å². The van der Waals surface area contributed by atoms with Gasteiger partial charge in [0.05, 0.1) is 4.32 Å². The zero-order chi connectivity index (χ0) is 10.6. The van der Waals surface area contributed by atoms with Crippen molar-refractivity contribution in [1.82, 2.24) is 5.32 Å². The minimum absolute atomic E-state index is 0.0349. The number of amides is 1. The zero-order valence-electron chi connectivity index (χ0n) is 8.34. The van der Waals surface area contributed by atoms with Crippen molar-refractivity contribution in [2.75, 3.05) is 6.54 Å². The molecule has 2 nitrogen and oxygen atoms in total. The quantitative estimate of drug-likeness (QED) is 0.841. The van der Waals surface area contributed by atoms with E-state index in [2.05, 4.69) is 32.7 Å². The Morgan fingerprint density at radius 2 is 2.36 bits per heavy atom. The van der Waals surface area contributed by atoms with Crippen molar-refractivity contribution < 1.29 is 4.79 Å². The molecular weight excluding hydrogens is 262 g/mol. The van der Waals surface area contributed by atoms with E-state index in [0.29, 0.717) is 6.54 Å². The molecule has 0 aromatic carbocycles. The Bertz CT molecular complexity index is 290. The third-order valence-corrected chi connectivity index (χ3v) is 2.91. The summed E-state index contributed by atoms with van der Waals surface area (Å²) in [6.07, 6.45) is 0.901. The van der Waals surface area contributed by atoms with Gasteiger partial charge in [0.25, 0.3) is 0 Å². The van der Waals surface area contributed by atoms with Gasteiger partial charge in [-0.1, -0.05) is 15.9 Å². The Balaban J connectivity index is 2.26. The summed E-state index contributed by atoms with van der Waals surface area (Å²) >= 11 is 4.99. The van der Waals surface area contributed by atoms with E-state index in [4.69, 9.17) is 0 Å². The molecule has 0 spiro atoms. The second-order valence-electron chi connectivity index (χ2n) is 3.61. The molecule has 1 aromatic rings. The molecule has 1 amide bonds. The highest BCUT2D eigenvalue weighted by atomic mass is 79.9. The van der Waals surface area contributed by atoms with Crippen LogP contribution in [0.2, 0.25) is 0 Å². The van der Waals surface area contributed by atoms with Gasteiger partial charge in [0.15, 0.2) is 0 Å². The van der Waals surface area contributed by atoms with E-state index >= 15 is 0 Å². The Labute approximate surface area is 96.8 Å². The van der Waals surface area contributed by atoms with Gasteiger partial charge in [-0.05, 0) is 42.7 Å². The Morgan fingerprint density at radius 3 is 2.86 bits per heavy atom. The van der Waals surface area contributed by atoms with Gasteiger partial charge in [0.1, 0.15) is 0 Å². The van der Waals surface area contributed by atoms with Gasteiger partial charge in [-0.3, -0.25) is 4.79 Å². The molecule has 0 aliphatic heterocycles. The molecule has 0 saturated heterocycles. The van der Waals surface area contributed by atoms with Crippen molar-refractivity contribution >= 4 is 33.2 Å². The van der Waals surface area contributed by atoms with E-state index in [1.807, 2.05) is 19.2 Å². The maximum atomic E-state index is 11.4. The molecular formula is C10H14BrNOS. The van der Waals surface area contributed by atoms with E-state index in [9.17, 15) is 4.79 Å². The van der Waals surface area contributed by atoms with Crippen LogP contribution in [0.1, 0.15) is 19.4 Å². The van der Waals surface area contributed by atoms with Gasteiger partial charge >= 0.3 is 0 Å². The second-order valence-corrected chi connectivity index (χ2v) is 6.37. The molecule has 0 atom stereocenters. The van der Waals surface area contributed by atoms with Gasteiger partial charge in [0, 0.05) is 6.54 Å². The van der Waals surface area contributed by atoms with E-state index < -0.39 is 4.32 Å². The number of thiophene rings is 1. The van der Waals surface area contributed by atoms with Crippen molar-refractivity contribution in [3.63, 3.8) is 0 Å². The highest BCUT2D eigenvalue weighted by molar-refractivity contribution is 9.10. The lowest BCUT2D eigenvalue weighted by atomic mass is 10.2. The molecule has 1 rings (SSSR count). The minimum atomic E-state index is -0.471. The van der Waals surface area contributed by atoms with E-state index in [1.54, 1.807) is 11.3 Å². The lowest BCUT2D eigenvalue weighted by Gasteiger charge is -2.15. The van der Waals surface area contributed by atoms with E-state index in [-0.39, 0.29) is 5.91 Å². The first-order valence-electron chi connectivity index (χ1n) is 4.48. The first-order chi connectivity index (χ1) is 6.50. The van der Waals surface area contributed by atoms with Crippen LogP contribution >= 0.6 is 27.3 Å². The molecule has 0 aliphatic carbocycles. The summed E-state index contributed by atoms with van der Waals surface area (Å²) in [5, 5.41) is 7.03. The number of hydrogen-bond acceptors (Lipinski definition) is 2. The van der Waals surface area contributed by atoms with E-state index in [0.717, 1.165) is 6.42 Å². The van der Waals surface area contributed by atoms with Crippen LogP contribution in [0.25, 0.3) is 0 Å². The number of alkyl halides is 1. The van der Waals surface area contributed by atoms with Gasteiger partial charge in [-0.15, -0.1) is 0 Å². The van der Waals surface area contributed by atoms with Crippen molar-refractivity contribution in [2.45, 2.75) is 24.6 Å². The van der Waals surface area contributed by atoms with Crippen LogP contribution in [0.5, 0.6) is 0 Å². The topological polar surface area (TPSA) is 29.1 Å². The van der Waals surface area contributed by atoms with Crippen LogP contribution < -0.4 is 5.32 Å². The average Bonchev–Trinajstić information content (AvgIpc) is 2.55. The van der Waals surface area contributed by atoms with Crippen molar-refractivity contribution in [3.8, 4) is 0 Å². The standard InChI is InChI=1S/C10H14BrNOS/c1-10(2,11)9(13)12-5-3-8-4-6-14-7-8/h4,6-7H,3,5H2,1-2H3,(H,12,13). The van der Waals surface area contributed by atoms with Gasteiger partial charge in [-0.25, -0.2) is 0 Å². The monoisotopic (exact) mass is 275 g/mol. The summed E-state index contributed by atoms with van der Waals surface area (Å²) in [4.78, 5) is 11.4. The summed E-state index contributed by atoms with van der Waals surface area (Å²) in [5.41, 5.74) is 1.28. The fourth-order valence-corrected chi connectivity index (χ4v) is 1.81. The predicted octanol–water partition coefficient (Wildman–Crippen LogP) is 2.58. The molecule has 1 aromatic heterocycles. The van der Waals surface area contributed by atoms with Crippen LogP contribution in [0.3, 0.4) is 0 Å². The third kappa shape index (κ3) is 3.80. The molecule has 0 bridgehead atoms. The fraction of sp³-hybridized carbons (Fsp3) is 0.500. The lowest BCUT2D eigenvalue weighted by molar-refractivity contribution is -0.122. The first kappa shape index (κ1) is 11.7. The van der Waals surface area contributed by atoms with Crippen LogP contribution in [0, 0.1) is 0 Å². The van der Waals surface area contributed by atoms with Crippen molar-refractivity contribution in [3.05, 3.63) is 22.4 Å². The van der Waals surface area contributed by atoms with Crippen LogP contribution in [-0.2, 0) is 11.2 Å². The summed E-state index contributed by atoms with van der Waals surface area (Å²) < 4.78 is -0.471. The average molecular weight is 276 g/mol. The Morgan fingerprint density at radius 1 is 1.64 bits per heavy atom. The molecule has 78 valence electrons. The van der Waals surface area contributed by atoms with E-state index in [1.165, 1.54) is 5.56 Å². The molecule has 0 saturated carbocycles. The Kier molecular flexibility index (Phi) is 4.13. The first-order valence-corrected chi connectivity index (χ1v) is 6.22. The molecule has 14 heavy (non-hydrogen) atoms. The maximum Gasteiger partial charge on any atom is 0.236 e. The number of carbonyl (C=O) groups excluding carboxylic acids is 1. The van der Waals surface area contributed by atoms with Crippen molar-refractivity contribution in [1.29, 1.82) is 0 Å². The second kappa shape index (κ2) is 4.94. The van der Waals surface area contributed by atoms with Crippen LogP contribution in [-0.4, -0.2) is 16.8 Å². The fourth-order valence-electron chi connectivity index (χ4n) is 0.965. The molecule has 0 fully saturated rings. The maximum absolute atomic E-state index is 11.4. The number of halogens is 1. The van der Waals surface area contributed by atoms with Gasteiger partial charge < -0.3 is 5.32 Å². The number of hydrogen-bond donors (Lipinski definition) is 1. The molecule has 0 aliphatic rings. The molecule has 0 radical (unpaired) electrons. The summed E-state index contributed by atoms with van der Waals surface area (Å²) in [5.74, 6) is 0.0349. The molecule has 4 heteroatoms. The van der Waals surface area contributed by atoms with Crippen LogP contribution in [0.15, 0.2) is 16.8 Å². The Hall–Kier alpha value is -0.350. The number of nitrogens with one attached hydrogen (secondary N) is 1. The zero-order valence-corrected chi connectivity index (χ0v) is 10.7. The molecule has 1 N–H and O–H groups in total. The largest absolute Gasteiger partial charge is 0.355 e. The third-order valence-electron chi connectivity index (χ3n) is 1.82. The van der Waals surface area contributed by atoms with Gasteiger partial charge in [0.2, 0.25) is 5.91 Å². The summed E-state index contributed by atoms with van der Waals surface area (Å²) in [6, 6.07) is 2.08. The van der Waals surface area contributed by atoms with Crippen LogP contribution in [0.4, 0.5) is 0 Å². The summed E-state index contributed by atoms with van der Waals surface area (Å²) in [6.45, 7) is 4.38. The summed E-state index contributed by atoms with van der Waals surface area (Å²) in [7, 11) is 0. The predicted molar refractivity (Wildman–Crippen MR) is 64.0 cm³/mol. The smallest absolute Gasteiger partial charge is 0.236 e. The minimum Gasteiger partial charge on any atom is -0.355 e. The molecule has 1 heterocycles. The number of carbonyl (C=O) groups is 1. The lowest BCUT2D eigenvalue weighted by Crippen LogP contribution is -2.38. The highest BCUT2D eigenvalue weighted by Gasteiger charge is 2.22. The normalized spacial score (nSPS) is 11.4. The highest BCUT2D eigenvalue weighted by Crippen LogP contribution is 2.15. The van der Waals surface area contributed by atoms with Gasteiger partial charge in [-0.2, -0.15) is 11.3 Å². The number of rotatable bonds is 4. The molecule has 0 unspecified atom stereocenters.